The standard InChI is InChI=1S/C15H14.2C2H6/c1-3-7-14-11-15-8-4-2-6-13(15)10-9-12(14)5-1;2*1-2/h1-8H,9-11H2;2*1-2H3. The summed E-state index contributed by atoms with van der Waals surface area (Å²) in [6.07, 6.45) is 3.48. The van der Waals surface area contributed by atoms with E-state index in [1.54, 1.807) is 0 Å². The molecule has 0 spiro atoms. The van der Waals surface area contributed by atoms with E-state index in [4.69, 9.17) is 0 Å². The van der Waals surface area contributed by atoms with Crippen LogP contribution in [-0.2, 0) is 19.3 Å². The van der Waals surface area contributed by atoms with Gasteiger partial charge in [-0.25, -0.2) is 0 Å². The van der Waals surface area contributed by atoms with Crippen LogP contribution in [0.5, 0.6) is 0 Å². The van der Waals surface area contributed by atoms with E-state index in [-0.39, 0.29) is 0 Å². The average molecular weight is 254 g/mol. The van der Waals surface area contributed by atoms with Gasteiger partial charge in [0, 0.05) is 0 Å². The Bertz CT molecular complexity index is 437. The van der Waals surface area contributed by atoms with Crippen LogP contribution >= 0.6 is 0 Å². The Morgan fingerprint density at radius 1 is 0.526 bits per heavy atom. The first-order chi connectivity index (χ1) is 9.43. The average Bonchev–Trinajstić information content (AvgIpc) is 2.70. The van der Waals surface area contributed by atoms with Crippen molar-refractivity contribution in [3.63, 3.8) is 0 Å². The van der Waals surface area contributed by atoms with Gasteiger partial charge in [0.2, 0.25) is 0 Å². The smallest absolute Gasteiger partial charge is 0.00203 e. The Balaban J connectivity index is 0.000000415. The van der Waals surface area contributed by atoms with Gasteiger partial charge in [-0.3, -0.25) is 0 Å². The molecule has 3 rings (SSSR count). The minimum Gasteiger partial charge on any atom is -0.0683 e. The second-order valence-electron chi connectivity index (χ2n) is 4.21. The Hall–Kier alpha value is -1.56. The van der Waals surface area contributed by atoms with Gasteiger partial charge in [-0.05, 0) is 41.5 Å². The molecular weight excluding hydrogens is 228 g/mol. The summed E-state index contributed by atoms with van der Waals surface area (Å²) in [5.41, 5.74) is 6.05. The summed E-state index contributed by atoms with van der Waals surface area (Å²) in [4.78, 5) is 0. The molecule has 102 valence electrons. The third kappa shape index (κ3) is 3.96. The molecule has 0 heteroatoms. The van der Waals surface area contributed by atoms with Gasteiger partial charge in [-0.15, -0.1) is 0 Å². The van der Waals surface area contributed by atoms with Crippen LogP contribution in [0.4, 0.5) is 0 Å². The minimum absolute atomic E-state index is 1.10. The molecule has 0 bridgehead atoms. The maximum atomic E-state index is 2.27. The highest BCUT2D eigenvalue weighted by atomic mass is 14.2. The van der Waals surface area contributed by atoms with Crippen LogP contribution < -0.4 is 0 Å². The summed E-state index contributed by atoms with van der Waals surface area (Å²) in [5, 5.41) is 0. The molecule has 0 aromatic heterocycles. The number of hydrogen-bond acceptors (Lipinski definition) is 0. The van der Waals surface area contributed by atoms with Crippen molar-refractivity contribution in [3.05, 3.63) is 70.8 Å². The van der Waals surface area contributed by atoms with Crippen molar-refractivity contribution in [2.75, 3.05) is 0 Å². The van der Waals surface area contributed by atoms with Crippen LogP contribution in [0.15, 0.2) is 48.5 Å². The molecule has 2 aromatic rings. The lowest BCUT2D eigenvalue weighted by molar-refractivity contribution is 0.965. The first-order valence-corrected chi connectivity index (χ1v) is 7.57. The van der Waals surface area contributed by atoms with E-state index in [0.29, 0.717) is 0 Å². The Kier molecular flexibility index (Phi) is 6.95. The van der Waals surface area contributed by atoms with E-state index >= 15 is 0 Å². The zero-order chi connectivity index (χ0) is 14.1. The number of rotatable bonds is 0. The first-order valence-electron chi connectivity index (χ1n) is 7.57. The molecule has 0 heterocycles. The fourth-order valence-corrected chi connectivity index (χ4v) is 2.42. The van der Waals surface area contributed by atoms with Crippen molar-refractivity contribution in [1.82, 2.24) is 0 Å². The Labute approximate surface area is 118 Å². The van der Waals surface area contributed by atoms with Gasteiger partial charge in [-0.1, -0.05) is 76.2 Å². The highest BCUT2D eigenvalue weighted by Crippen LogP contribution is 2.23. The number of hydrogen-bond donors (Lipinski definition) is 0. The molecule has 19 heavy (non-hydrogen) atoms. The van der Waals surface area contributed by atoms with Crippen molar-refractivity contribution in [2.24, 2.45) is 0 Å². The summed E-state index contributed by atoms with van der Waals surface area (Å²) >= 11 is 0. The normalized spacial score (nSPS) is 11.6. The molecule has 2 aromatic carbocycles. The lowest BCUT2D eigenvalue weighted by Gasteiger charge is -2.04. The van der Waals surface area contributed by atoms with Gasteiger partial charge in [0.1, 0.15) is 0 Å². The van der Waals surface area contributed by atoms with Crippen LogP contribution in [0, 0.1) is 0 Å². The Morgan fingerprint density at radius 2 is 0.842 bits per heavy atom. The minimum atomic E-state index is 1.10. The SMILES string of the molecule is CC.CC.c1ccc2c(c1)CCc1ccccc1C2. The molecule has 0 amide bonds. The molecule has 1 aliphatic carbocycles. The molecule has 0 unspecified atom stereocenters. The molecule has 0 aliphatic heterocycles. The lowest BCUT2D eigenvalue weighted by Crippen LogP contribution is -1.90. The third-order valence-electron chi connectivity index (χ3n) is 3.28. The molecule has 1 aliphatic rings. The molecule has 0 saturated carbocycles. The summed E-state index contributed by atoms with van der Waals surface area (Å²) in [5.74, 6) is 0. The number of aryl methyl sites for hydroxylation is 2. The zero-order valence-corrected chi connectivity index (χ0v) is 12.7. The molecule has 0 nitrogen and oxygen atoms in total. The van der Waals surface area contributed by atoms with Gasteiger partial charge in [0.05, 0.1) is 0 Å². The fourth-order valence-electron chi connectivity index (χ4n) is 2.42. The quantitative estimate of drug-likeness (QED) is 0.588. The van der Waals surface area contributed by atoms with E-state index in [0.717, 1.165) is 6.42 Å². The predicted molar refractivity (Wildman–Crippen MR) is 85.8 cm³/mol. The van der Waals surface area contributed by atoms with Crippen molar-refractivity contribution in [2.45, 2.75) is 47.0 Å². The first kappa shape index (κ1) is 15.5. The van der Waals surface area contributed by atoms with Gasteiger partial charge >= 0.3 is 0 Å². The largest absolute Gasteiger partial charge is 0.0683 e. The molecule has 0 radical (unpaired) electrons. The van der Waals surface area contributed by atoms with Gasteiger partial charge in [0.25, 0.3) is 0 Å². The number of fused-ring (bicyclic) bond motifs is 2. The maximum Gasteiger partial charge on any atom is -0.00203 e. The molecule has 0 fully saturated rings. The molecule has 0 N–H and O–H groups in total. The van der Waals surface area contributed by atoms with E-state index < -0.39 is 0 Å². The zero-order valence-electron chi connectivity index (χ0n) is 12.7. The van der Waals surface area contributed by atoms with Crippen molar-refractivity contribution in [1.29, 1.82) is 0 Å². The van der Waals surface area contributed by atoms with E-state index in [2.05, 4.69) is 48.5 Å². The van der Waals surface area contributed by atoms with Crippen LogP contribution in [0.1, 0.15) is 49.9 Å². The summed E-state index contributed by atoms with van der Waals surface area (Å²) in [6.45, 7) is 8.00. The number of benzene rings is 2. The summed E-state index contributed by atoms with van der Waals surface area (Å²) < 4.78 is 0. The molecule has 0 atom stereocenters. The van der Waals surface area contributed by atoms with Crippen LogP contribution in [0.3, 0.4) is 0 Å². The Morgan fingerprint density at radius 3 is 1.21 bits per heavy atom. The highest BCUT2D eigenvalue weighted by molar-refractivity contribution is 5.40. The highest BCUT2D eigenvalue weighted by Gasteiger charge is 2.11. The summed E-state index contributed by atoms with van der Waals surface area (Å²) in [6, 6.07) is 17.6. The third-order valence-corrected chi connectivity index (χ3v) is 3.28. The van der Waals surface area contributed by atoms with Crippen molar-refractivity contribution in [3.8, 4) is 0 Å². The topological polar surface area (TPSA) is 0 Å². The van der Waals surface area contributed by atoms with Crippen LogP contribution in [-0.4, -0.2) is 0 Å². The van der Waals surface area contributed by atoms with Crippen LogP contribution in [0.25, 0.3) is 0 Å². The summed E-state index contributed by atoms with van der Waals surface area (Å²) in [7, 11) is 0. The van der Waals surface area contributed by atoms with Crippen molar-refractivity contribution < 1.29 is 0 Å². The predicted octanol–water partition coefficient (Wildman–Crippen LogP) is 5.43. The molecule has 0 saturated heterocycles. The molecular formula is C19H26. The lowest BCUT2D eigenvalue weighted by atomic mass is 10.0. The fraction of sp³-hybridized carbons (Fsp3) is 0.368. The maximum absolute atomic E-state index is 2.27. The second-order valence-corrected chi connectivity index (χ2v) is 4.21. The van der Waals surface area contributed by atoms with Gasteiger partial charge in [-0.2, -0.15) is 0 Å². The van der Waals surface area contributed by atoms with E-state index in [1.165, 1.54) is 35.1 Å². The van der Waals surface area contributed by atoms with Crippen molar-refractivity contribution >= 4 is 0 Å². The van der Waals surface area contributed by atoms with Crippen LogP contribution in [0.2, 0.25) is 0 Å². The van der Waals surface area contributed by atoms with Gasteiger partial charge in [0.15, 0.2) is 0 Å². The van der Waals surface area contributed by atoms with Gasteiger partial charge < -0.3 is 0 Å². The van der Waals surface area contributed by atoms with E-state index in [9.17, 15) is 0 Å². The van der Waals surface area contributed by atoms with E-state index in [1.807, 2.05) is 27.7 Å². The second kappa shape index (κ2) is 8.53. The monoisotopic (exact) mass is 254 g/mol.